The van der Waals surface area contributed by atoms with E-state index in [0.717, 1.165) is 31.6 Å². The van der Waals surface area contributed by atoms with Gasteiger partial charge in [-0.05, 0) is 63.1 Å². The largest absolute Gasteiger partial charge is 0.371 e. The zero-order valence-corrected chi connectivity index (χ0v) is 18.4. The third-order valence-corrected chi connectivity index (χ3v) is 6.11. The Labute approximate surface area is 178 Å². The van der Waals surface area contributed by atoms with E-state index in [4.69, 9.17) is 5.73 Å². The summed E-state index contributed by atoms with van der Waals surface area (Å²) >= 11 is 0. The van der Waals surface area contributed by atoms with Crippen LogP contribution in [0.25, 0.3) is 0 Å². The molecule has 3 N–H and O–H groups in total. The van der Waals surface area contributed by atoms with Gasteiger partial charge in [-0.2, -0.15) is 0 Å². The molecule has 0 radical (unpaired) electrons. The molecule has 1 aliphatic heterocycles. The Morgan fingerprint density at radius 1 is 1.07 bits per heavy atom. The van der Waals surface area contributed by atoms with Crippen molar-refractivity contribution < 1.29 is 19.2 Å². The third-order valence-electron chi connectivity index (χ3n) is 6.11. The van der Waals surface area contributed by atoms with Crippen molar-refractivity contribution in [3.8, 4) is 0 Å². The Bertz CT molecular complexity index is 809. The van der Waals surface area contributed by atoms with Gasteiger partial charge in [-0.25, -0.2) is 0 Å². The molecule has 3 atom stereocenters. The number of nitrogens with one attached hydrogen (secondary N) is 1. The maximum absolute atomic E-state index is 12.8. The quantitative estimate of drug-likeness (QED) is 0.635. The highest BCUT2D eigenvalue weighted by atomic mass is 16.2. The smallest absolute Gasteiger partial charge is 0.252 e. The molecule has 7 nitrogen and oxygen atoms in total. The minimum atomic E-state index is -0.963. The normalized spacial score (nSPS) is 20.2. The van der Waals surface area contributed by atoms with Crippen molar-refractivity contribution in [2.75, 3.05) is 18.0 Å². The number of hydrogen-bond acceptors (Lipinski definition) is 5. The first-order chi connectivity index (χ1) is 14.1. The Hall–Kier alpha value is -2.70. The monoisotopic (exact) mass is 415 g/mol. The summed E-state index contributed by atoms with van der Waals surface area (Å²) in [5, 5.41) is 2.57. The van der Waals surface area contributed by atoms with Gasteiger partial charge in [0.2, 0.25) is 5.91 Å². The molecule has 2 rings (SSSR count). The highest BCUT2D eigenvalue weighted by Crippen LogP contribution is 2.28. The van der Waals surface area contributed by atoms with E-state index in [0.29, 0.717) is 17.4 Å². The van der Waals surface area contributed by atoms with E-state index in [1.54, 1.807) is 12.1 Å². The van der Waals surface area contributed by atoms with Gasteiger partial charge in [-0.1, -0.05) is 13.8 Å². The van der Waals surface area contributed by atoms with Crippen LogP contribution in [0.2, 0.25) is 0 Å². The summed E-state index contributed by atoms with van der Waals surface area (Å²) in [5.41, 5.74) is 6.80. The van der Waals surface area contributed by atoms with Crippen LogP contribution in [0.5, 0.6) is 0 Å². The number of nitrogens with zero attached hydrogens (tertiary/aromatic N) is 1. The molecule has 1 aromatic rings. The van der Waals surface area contributed by atoms with Crippen molar-refractivity contribution >= 4 is 29.1 Å². The second-order valence-corrected chi connectivity index (χ2v) is 8.47. The Balaban J connectivity index is 2.23. The van der Waals surface area contributed by atoms with Crippen molar-refractivity contribution in [2.24, 2.45) is 17.6 Å². The molecule has 0 aromatic heterocycles. The molecule has 1 heterocycles. The van der Waals surface area contributed by atoms with Crippen molar-refractivity contribution in [1.82, 2.24) is 5.32 Å². The zero-order chi connectivity index (χ0) is 22.4. The fourth-order valence-corrected chi connectivity index (χ4v) is 3.75. The number of anilines is 1. The minimum absolute atomic E-state index is 0.0923. The maximum Gasteiger partial charge on any atom is 0.252 e. The lowest BCUT2D eigenvalue weighted by atomic mass is 9.92. The summed E-state index contributed by atoms with van der Waals surface area (Å²) in [6.07, 6.45) is 2.43. The Kier molecular flexibility index (Phi) is 8.15. The first-order valence-electron chi connectivity index (χ1n) is 10.6. The number of carbonyl (C=O) groups excluding carboxylic acids is 4. The number of rotatable bonds is 8. The van der Waals surface area contributed by atoms with E-state index < -0.39 is 17.9 Å². The molecule has 1 saturated heterocycles. The average molecular weight is 416 g/mol. The highest BCUT2D eigenvalue weighted by Gasteiger charge is 2.24. The molecule has 0 aliphatic carbocycles. The predicted molar refractivity (Wildman–Crippen MR) is 117 cm³/mol. The van der Waals surface area contributed by atoms with Gasteiger partial charge in [-0.15, -0.1) is 0 Å². The first kappa shape index (κ1) is 23.6. The van der Waals surface area contributed by atoms with Crippen LogP contribution >= 0.6 is 0 Å². The molecule has 0 spiro atoms. The molecule has 1 aromatic carbocycles. The molecule has 7 heteroatoms. The molecule has 2 amide bonds. The number of carbonyl (C=O) groups is 4. The van der Waals surface area contributed by atoms with Gasteiger partial charge in [0.15, 0.2) is 5.78 Å². The number of amides is 2. The summed E-state index contributed by atoms with van der Waals surface area (Å²) in [5.74, 6) is -0.278. The Morgan fingerprint density at radius 2 is 1.67 bits per heavy atom. The van der Waals surface area contributed by atoms with Crippen LogP contribution < -0.4 is 16.0 Å². The van der Waals surface area contributed by atoms with Crippen molar-refractivity contribution in [1.29, 1.82) is 0 Å². The predicted octanol–water partition coefficient (Wildman–Crippen LogP) is 2.71. The van der Waals surface area contributed by atoms with E-state index in [-0.39, 0.29) is 30.0 Å². The maximum atomic E-state index is 12.8. The molecule has 3 unspecified atom stereocenters. The fraction of sp³-hybridized carbons (Fsp3) is 0.565. The number of primary amides is 1. The van der Waals surface area contributed by atoms with Crippen LogP contribution in [-0.2, 0) is 9.59 Å². The van der Waals surface area contributed by atoms with Crippen LogP contribution in [-0.4, -0.2) is 42.5 Å². The van der Waals surface area contributed by atoms with E-state index >= 15 is 0 Å². The first-order valence-corrected chi connectivity index (χ1v) is 10.6. The number of ketones is 2. The van der Waals surface area contributed by atoms with E-state index in [1.807, 2.05) is 6.07 Å². The molecular weight excluding hydrogens is 382 g/mol. The molecule has 1 fully saturated rings. The van der Waals surface area contributed by atoms with Crippen molar-refractivity contribution in [3.05, 3.63) is 29.3 Å². The molecule has 1 aliphatic rings. The topological polar surface area (TPSA) is 110 Å². The lowest BCUT2D eigenvalue weighted by molar-refractivity contribution is -0.120. The summed E-state index contributed by atoms with van der Waals surface area (Å²) in [6.45, 7) is 9.18. The second-order valence-electron chi connectivity index (χ2n) is 8.47. The van der Waals surface area contributed by atoms with Gasteiger partial charge in [-0.3, -0.25) is 14.4 Å². The van der Waals surface area contributed by atoms with Gasteiger partial charge in [0, 0.05) is 30.8 Å². The minimum Gasteiger partial charge on any atom is -0.371 e. The molecular formula is C23H33N3O4. The van der Waals surface area contributed by atoms with Crippen molar-refractivity contribution in [2.45, 2.75) is 59.4 Å². The number of Topliss-reactive ketones (excluding diaryl/α,β-unsaturated/α-hetero) is 2. The number of benzene rings is 1. The zero-order valence-electron chi connectivity index (χ0n) is 18.4. The van der Waals surface area contributed by atoms with Gasteiger partial charge < -0.3 is 20.7 Å². The average Bonchev–Trinajstić information content (AvgIpc) is 2.85. The lowest BCUT2D eigenvalue weighted by Gasteiger charge is -2.24. The van der Waals surface area contributed by atoms with Gasteiger partial charge in [0.05, 0.1) is 5.56 Å². The van der Waals surface area contributed by atoms with Crippen LogP contribution in [0, 0.1) is 11.8 Å². The molecule has 30 heavy (non-hydrogen) atoms. The fourth-order valence-electron chi connectivity index (χ4n) is 3.75. The molecule has 0 saturated carbocycles. The van der Waals surface area contributed by atoms with Crippen LogP contribution in [0.3, 0.4) is 0 Å². The van der Waals surface area contributed by atoms with Gasteiger partial charge in [0.1, 0.15) is 11.8 Å². The Morgan fingerprint density at radius 3 is 2.17 bits per heavy atom. The third kappa shape index (κ3) is 6.15. The standard InChI is InChI=1S/C23H33N3O4/c1-14-9-11-26(12-10-15(14)2)18-6-7-19(20(13-18)17(4)28)23(30)25-21(22(24)29)8-5-16(3)27/h6-7,13-15,21H,5,8-12H2,1-4H3,(H2,24,29)(H,25,30). The summed E-state index contributed by atoms with van der Waals surface area (Å²) in [7, 11) is 0. The number of nitrogens with two attached hydrogens (primary N) is 1. The highest BCUT2D eigenvalue weighted by molar-refractivity contribution is 6.08. The van der Waals surface area contributed by atoms with Crippen molar-refractivity contribution in [3.63, 3.8) is 0 Å². The van der Waals surface area contributed by atoms with Crippen LogP contribution in [0.4, 0.5) is 5.69 Å². The SMILES string of the molecule is CC(=O)CCC(NC(=O)c1ccc(N2CCC(C)C(C)CC2)cc1C(C)=O)C(N)=O. The summed E-state index contributed by atoms with van der Waals surface area (Å²) < 4.78 is 0. The van der Waals surface area contributed by atoms with Gasteiger partial charge in [0.25, 0.3) is 5.91 Å². The lowest BCUT2D eigenvalue weighted by Crippen LogP contribution is -2.45. The van der Waals surface area contributed by atoms with E-state index in [2.05, 4.69) is 24.1 Å². The summed E-state index contributed by atoms with van der Waals surface area (Å²) in [6, 6.07) is 4.26. The molecule has 0 bridgehead atoms. The number of hydrogen-bond donors (Lipinski definition) is 2. The van der Waals surface area contributed by atoms with E-state index in [9.17, 15) is 19.2 Å². The van der Waals surface area contributed by atoms with E-state index in [1.165, 1.54) is 13.8 Å². The van der Waals surface area contributed by atoms with Crippen LogP contribution in [0.15, 0.2) is 18.2 Å². The molecule has 164 valence electrons. The summed E-state index contributed by atoms with van der Waals surface area (Å²) in [4.78, 5) is 50.2. The second kappa shape index (κ2) is 10.4. The van der Waals surface area contributed by atoms with Crippen LogP contribution in [0.1, 0.15) is 74.1 Å². The van der Waals surface area contributed by atoms with Gasteiger partial charge >= 0.3 is 0 Å².